The Balaban J connectivity index is 2.11. The molecule has 2 nitrogen and oxygen atoms in total. The van der Waals surface area contributed by atoms with E-state index >= 15 is 0 Å². The Morgan fingerprint density at radius 1 is 1.25 bits per heavy atom. The van der Waals surface area contributed by atoms with E-state index in [1.807, 2.05) is 42.5 Å². The van der Waals surface area contributed by atoms with Crippen molar-refractivity contribution in [2.75, 3.05) is 0 Å². The fourth-order valence-electron chi connectivity index (χ4n) is 1.82. The van der Waals surface area contributed by atoms with Crippen molar-refractivity contribution in [1.29, 1.82) is 0 Å². The number of aliphatic hydroxyl groups is 1. The average Bonchev–Trinajstić information content (AvgIpc) is 2.34. The molecule has 0 radical (unpaired) electrons. The van der Waals surface area contributed by atoms with Crippen LogP contribution in [0.1, 0.15) is 19.5 Å². The predicted octanol–water partition coefficient (Wildman–Crippen LogP) is 2.18. The van der Waals surface area contributed by atoms with Crippen molar-refractivity contribution < 1.29 is 6.48 Å². The SMILES string of the molecule is [2H]C1(CC(O)c2ccccc2)C=CC=CC1N. The molecule has 1 aliphatic carbocycles. The van der Waals surface area contributed by atoms with Crippen LogP contribution in [0.2, 0.25) is 0 Å². The van der Waals surface area contributed by atoms with Crippen LogP contribution < -0.4 is 5.73 Å². The van der Waals surface area contributed by atoms with Crippen LogP contribution in [0.4, 0.5) is 0 Å². The molecule has 0 saturated carbocycles. The van der Waals surface area contributed by atoms with Gasteiger partial charge in [0.1, 0.15) is 0 Å². The second-order valence-electron chi connectivity index (χ2n) is 3.98. The maximum absolute atomic E-state index is 10.1. The van der Waals surface area contributed by atoms with Gasteiger partial charge in [0.15, 0.2) is 0 Å². The minimum Gasteiger partial charge on any atom is -0.388 e. The van der Waals surface area contributed by atoms with Crippen molar-refractivity contribution in [2.45, 2.75) is 18.6 Å². The molecule has 3 unspecified atom stereocenters. The molecule has 2 heteroatoms. The number of hydrogen-bond acceptors (Lipinski definition) is 2. The van der Waals surface area contributed by atoms with Crippen LogP contribution in [-0.4, -0.2) is 11.1 Å². The first-order valence-corrected chi connectivity index (χ1v) is 5.46. The molecule has 0 amide bonds. The third-order valence-electron chi connectivity index (χ3n) is 2.78. The third-order valence-corrected chi connectivity index (χ3v) is 2.78. The second-order valence-corrected chi connectivity index (χ2v) is 3.98. The van der Waals surface area contributed by atoms with E-state index < -0.39 is 12.0 Å². The van der Waals surface area contributed by atoms with Gasteiger partial charge in [0.25, 0.3) is 0 Å². The highest BCUT2D eigenvalue weighted by molar-refractivity contribution is 5.20. The highest BCUT2D eigenvalue weighted by atomic mass is 16.3. The van der Waals surface area contributed by atoms with E-state index in [9.17, 15) is 5.11 Å². The Labute approximate surface area is 97.5 Å². The summed E-state index contributed by atoms with van der Waals surface area (Å²) >= 11 is 0. The number of benzene rings is 1. The van der Waals surface area contributed by atoms with Gasteiger partial charge in [-0.15, -0.1) is 0 Å². The molecule has 1 aromatic carbocycles. The number of allylic oxidation sites excluding steroid dienone is 2. The van der Waals surface area contributed by atoms with Crippen LogP contribution in [-0.2, 0) is 0 Å². The zero-order chi connectivity index (χ0) is 12.3. The first-order chi connectivity index (χ1) is 8.12. The lowest BCUT2D eigenvalue weighted by Crippen LogP contribution is -2.29. The average molecular weight is 216 g/mol. The maximum Gasteiger partial charge on any atom is 0.0796 e. The van der Waals surface area contributed by atoms with E-state index in [4.69, 9.17) is 7.10 Å². The Bertz CT molecular complexity index is 429. The van der Waals surface area contributed by atoms with Crippen molar-refractivity contribution in [3.8, 4) is 0 Å². The van der Waals surface area contributed by atoms with Crippen LogP contribution in [0.25, 0.3) is 0 Å². The minimum absolute atomic E-state index is 0.305. The van der Waals surface area contributed by atoms with E-state index in [1.165, 1.54) is 0 Å². The number of aliphatic hydroxyl groups excluding tert-OH is 1. The standard InChI is InChI=1S/C14H17NO/c15-13-9-5-4-8-12(13)10-14(16)11-6-2-1-3-7-11/h1-9,12-14,16H,10,15H2/i12D. The van der Waals surface area contributed by atoms with E-state index in [2.05, 4.69) is 0 Å². The largest absolute Gasteiger partial charge is 0.388 e. The van der Waals surface area contributed by atoms with Crippen molar-refractivity contribution in [3.05, 3.63) is 60.2 Å². The maximum atomic E-state index is 10.1. The Kier molecular flexibility index (Phi) is 3.13. The summed E-state index contributed by atoms with van der Waals surface area (Å²) in [5.41, 5.74) is 6.73. The van der Waals surface area contributed by atoms with Gasteiger partial charge in [-0.3, -0.25) is 0 Å². The van der Waals surface area contributed by atoms with Crippen molar-refractivity contribution in [3.63, 3.8) is 0 Å². The quantitative estimate of drug-likeness (QED) is 0.813. The van der Waals surface area contributed by atoms with Gasteiger partial charge < -0.3 is 10.8 Å². The monoisotopic (exact) mass is 216 g/mol. The van der Waals surface area contributed by atoms with Gasteiger partial charge >= 0.3 is 0 Å². The summed E-state index contributed by atoms with van der Waals surface area (Å²) in [7, 11) is 0. The topological polar surface area (TPSA) is 46.2 Å². The number of rotatable bonds is 3. The summed E-state index contributed by atoms with van der Waals surface area (Å²) in [6.07, 6.45) is 6.85. The Morgan fingerprint density at radius 3 is 2.62 bits per heavy atom. The van der Waals surface area contributed by atoms with E-state index in [1.54, 1.807) is 12.2 Å². The molecular formula is C14H17NO. The molecule has 0 aromatic heterocycles. The minimum atomic E-state index is -0.927. The molecule has 16 heavy (non-hydrogen) atoms. The fourth-order valence-corrected chi connectivity index (χ4v) is 1.82. The van der Waals surface area contributed by atoms with Crippen LogP contribution in [0, 0.1) is 5.89 Å². The van der Waals surface area contributed by atoms with Gasteiger partial charge in [-0.2, -0.15) is 0 Å². The third kappa shape index (κ3) is 2.60. The lowest BCUT2D eigenvalue weighted by molar-refractivity contribution is 0.150. The summed E-state index contributed by atoms with van der Waals surface area (Å²) < 4.78 is 8.28. The lowest BCUT2D eigenvalue weighted by Gasteiger charge is -2.23. The van der Waals surface area contributed by atoms with Crippen LogP contribution in [0.15, 0.2) is 54.6 Å². The molecule has 3 atom stereocenters. The molecule has 0 bridgehead atoms. The molecule has 0 heterocycles. The molecule has 84 valence electrons. The Morgan fingerprint density at radius 2 is 1.94 bits per heavy atom. The van der Waals surface area contributed by atoms with Crippen molar-refractivity contribution in [1.82, 2.24) is 0 Å². The normalized spacial score (nSPS) is 31.1. The van der Waals surface area contributed by atoms with Crippen LogP contribution in [0.5, 0.6) is 0 Å². The van der Waals surface area contributed by atoms with Crippen LogP contribution >= 0.6 is 0 Å². The smallest absolute Gasteiger partial charge is 0.0796 e. The zero-order valence-corrected chi connectivity index (χ0v) is 9.08. The lowest BCUT2D eigenvalue weighted by atomic mass is 9.88. The van der Waals surface area contributed by atoms with E-state index in [-0.39, 0.29) is 6.04 Å². The van der Waals surface area contributed by atoms with Gasteiger partial charge in [0.05, 0.1) is 6.10 Å². The highest BCUT2D eigenvalue weighted by Crippen LogP contribution is 2.25. The molecule has 0 saturated heterocycles. The summed E-state index contributed by atoms with van der Waals surface area (Å²) in [5, 5.41) is 10.1. The predicted molar refractivity (Wildman–Crippen MR) is 65.8 cm³/mol. The number of nitrogens with two attached hydrogens (primary N) is 1. The van der Waals surface area contributed by atoms with E-state index in [0.717, 1.165) is 5.56 Å². The highest BCUT2D eigenvalue weighted by Gasteiger charge is 2.19. The van der Waals surface area contributed by atoms with Gasteiger partial charge in [0, 0.05) is 7.41 Å². The van der Waals surface area contributed by atoms with Crippen molar-refractivity contribution in [2.24, 2.45) is 11.6 Å². The second kappa shape index (κ2) is 5.10. The molecule has 2 rings (SSSR count). The molecule has 0 aliphatic heterocycles. The number of hydrogen-bond donors (Lipinski definition) is 2. The zero-order valence-electron chi connectivity index (χ0n) is 10.1. The summed E-state index contributed by atoms with van der Waals surface area (Å²) in [6, 6.07) is 9.02. The molecule has 3 N–H and O–H groups in total. The molecular weight excluding hydrogens is 198 g/mol. The first kappa shape index (κ1) is 9.82. The summed E-state index contributed by atoms with van der Waals surface area (Å²) in [4.78, 5) is 0. The fraction of sp³-hybridized carbons (Fsp3) is 0.286. The molecule has 1 aliphatic rings. The molecule has 0 spiro atoms. The first-order valence-electron chi connectivity index (χ1n) is 5.96. The Hall–Kier alpha value is -1.38. The van der Waals surface area contributed by atoms with E-state index in [0.29, 0.717) is 6.42 Å². The summed E-state index contributed by atoms with van der Waals surface area (Å²) in [6.45, 7) is 0. The van der Waals surface area contributed by atoms with Gasteiger partial charge in [-0.05, 0) is 17.9 Å². The van der Waals surface area contributed by atoms with Gasteiger partial charge in [-0.25, -0.2) is 0 Å². The molecule has 0 fully saturated rings. The van der Waals surface area contributed by atoms with Gasteiger partial charge in [0.2, 0.25) is 0 Å². The molecule has 1 aromatic rings. The van der Waals surface area contributed by atoms with Crippen LogP contribution in [0.3, 0.4) is 0 Å². The van der Waals surface area contributed by atoms with Gasteiger partial charge in [-0.1, -0.05) is 54.6 Å². The summed E-state index contributed by atoms with van der Waals surface area (Å²) in [5.74, 6) is -0.927. The van der Waals surface area contributed by atoms with Crippen molar-refractivity contribution >= 4 is 0 Å².